The lowest BCUT2D eigenvalue weighted by atomic mass is 10.1. The molecule has 1 amide bonds. The van der Waals surface area contributed by atoms with Crippen molar-refractivity contribution in [3.63, 3.8) is 0 Å². The van der Waals surface area contributed by atoms with Gasteiger partial charge in [-0.3, -0.25) is 9.59 Å². The summed E-state index contributed by atoms with van der Waals surface area (Å²) in [5.74, 6) is -0.0516. The van der Waals surface area contributed by atoms with Crippen molar-refractivity contribution in [3.8, 4) is 16.3 Å². The number of nitrogens with zero attached hydrogens (tertiary/aromatic N) is 2. The minimum Gasteiger partial charge on any atom is -0.495 e. The smallest absolute Gasteiger partial charge is 0.266 e. The Kier molecular flexibility index (Phi) is 5.71. The van der Waals surface area contributed by atoms with Crippen molar-refractivity contribution < 1.29 is 9.53 Å². The molecule has 0 unspecified atom stereocenters. The Morgan fingerprint density at radius 3 is 2.81 bits per heavy atom. The topological polar surface area (TPSA) is 73.2 Å². The first-order valence-electron chi connectivity index (χ1n) is 8.55. The van der Waals surface area contributed by atoms with E-state index in [1.807, 2.05) is 42.6 Å². The van der Waals surface area contributed by atoms with Crippen LogP contribution in [0.2, 0.25) is 0 Å². The molecule has 1 aromatic carbocycles. The summed E-state index contributed by atoms with van der Waals surface area (Å²) >= 11 is 1.55. The third-order valence-corrected chi connectivity index (χ3v) is 5.04. The zero-order chi connectivity index (χ0) is 19.4. The monoisotopic (exact) mass is 383 g/mol. The molecule has 27 heavy (non-hydrogen) atoms. The minimum absolute atomic E-state index is 0.192. The van der Waals surface area contributed by atoms with Crippen LogP contribution < -0.4 is 15.6 Å². The molecule has 3 rings (SSSR count). The number of benzene rings is 1. The van der Waals surface area contributed by atoms with E-state index in [1.165, 1.54) is 10.7 Å². The Balaban J connectivity index is 1.76. The first-order chi connectivity index (χ1) is 13.0. The Labute approximate surface area is 161 Å². The van der Waals surface area contributed by atoms with Gasteiger partial charge in [-0.05, 0) is 42.1 Å². The quantitative estimate of drug-likeness (QED) is 0.706. The molecule has 0 saturated heterocycles. The highest BCUT2D eigenvalue weighted by molar-refractivity contribution is 7.13. The molecule has 6 nitrogen and oxygen atoms in total. The Morgan fingerprint density at radius 1 is 1.30 bits per heavy atom. The first kappa shape index (κ1) is 18.8. The van der Waals surface area contributed by atoms with Crippen LogP contribution in [0.15, 0.2) is 52.6 Å². The molecule has 0 aliphatic rings. The summed E-state index contributed by atoms with van der Waals surface area (Å²) in [5, 5.41) is 9.24. The third-order valence-electron chi connectivity index (χ3n) is 4.15. The van der Waals surface area contributed by atoms with E-state index in [9.17, 15) is 9.59 Å². The lowest BCUT2D eigenvalue weighted by Gasteiger charge is -2.15. The van der Waals surface area contributed by atoms with Gasteiger partial charge in [-0.15, -0.1) is 11.3 Å². The van der Waals surface area contributed by atoms with Crippen molar-refractivity contribution in [2.75, 3.05) is 12.4 Å². The van der Waals surface area contributed by atoms with Gasteiger partial charge in [0.2, 0.25) is 5.91 Å². The SMILES string of the molecule is COc1ccc(C)cc1NC(=O)[C@H](C)Cn1nc(-c2cccs2)ccc1=O. The molecule has 1 atom stereocenters. The first-order valence-corrected chi connectivity index (χ1v) is 9.43. The molecule has 1 N–H and O–H groups in total. The number of carbonyl (C=O) groups is 1. The number of anilines is 1. The van der Waals surface area contributed by atoms with Crippen LogP contribution in [0.25, 0.3) is 10.6 Å². The zero-order valence-electron chi connectivity index (χ0n) is 15.4. The van der Waals surface area contributed by atoms with E-state index in [0.29, 0.717) is 11.4 Å². The van der Waals surface area contributed by atoms with Crippen LogP contribution in [0.3, 0.4) is 0 Å². The third kappa shape index (κ3) is 4.43. The second kappa shape index (κ2) is 8.18. The molecular formula is C20H21N3O3S. The molecule has 0 fully saturated rings. The summed E-state index contributed by atoms with van der Waals surface area (Å²) in [6.07, 6.45) is 0. The molecule has 0 aliphatic heterocycles. The van der Waals surface area contributed by atoms with Gasteiger partial charge in [0.25, 0.3) is 5.56 Å². The summed E-state index contributed by atoms with van der Waals surface area (Å²) in [6.45, 7) is 3.90. The number of aryl methyl sites for hydroxylation is 1. The molecular weight excluding hydrogens is 362 g/mol. The second-order valence-electron chi connectivity index (χ2n) is 6.31. The summed E-state index contributed by atoms with van der Waals surface area (Å²) in [4.78, 5) is 25.7. The average molecular weight is 383 g/mol. The van der Waals surface area contributed by atoms with E-state index in [-0.39, 0.29) is 18.0 Å². The summed E-state index contributed by atoms with van der Waals surface area (Å²) < 4.78 is 6.63. The van der Waals surface area contributed by atoms with Gasteiger partial charge in [-0.2, -0.15) is 5.10 Å². The number of aromatic nitrogens is 2. The maximum Gasteiger partial charge on any atom is 0.266 e. The van der Waals surface area contributed by atoms with E-state index in [0.717, 1.165) is 16.1 Å². The fraction of sp³-hybridized carbons (Fsp3) is 0.250. The highest BCUT2D eigenvalue weighted by Crippen LogP contribution is 2.26. The number of methoxy groups -OCH3 is 1. The van der Waals surface area contributed by atoms with Gasteiger partial charge in [-0.1, -0.05) is 19.1 Å². The summed E-state index contributed by atoms with van der Waals surface area (Å²) in [6, 6.07) is 12.6. The lowest BCUT2D eigenvalue weighted by molar-refractivity contribution is -0.119. The van der Waals surface area contributed by atoms with Crippen LogP contribution in [0.4, 0.5) is 5.69 Å². The van der Waals surface area contributed by atoms with E-state index in [4.69, 9.17) is 4.74 Å². The number of hydrogen-bond donors (Lipinski definition) is 1. The van der Waals surface area contributed by atoms with Crippen LogP contribution >= 0.6 is 11.3 Å². The predicted octanol–water partition coefficient (Wildman–Crippen LogP) is 3.56. The number of nitrogens with one attached hydrogen (secondary N) is 1. The van der Waals surface area contributed by atoms with Crippen molar-refractivity contribution in [1.29, 1.82) is 0 Å². The van der Waals surface area contributed by atoms with Crippen LogP contribution in [-0.4, -0.2) is 22.8 Å². The van der Waals surface area contributed by atoms with Gasteiger partial charge in [0.15, 0.2) is 0 Å². The highest BCUT2D eigenvalue weighted by atomic mass is 32.1. The maximum absolute atomic E-state index is 12.6. The van der Waals surface area contributed by atoms with Crippen LogP contribution in [-0.2, 0) is 11.3 Å². The standard InChI is InChI=1S/C20H21N3O3S/c1-13-6-8-17(26-3)16(11-13)21-20(25)14(2)12-23-19(24)9-7-15(22-23)18-5-4-10-27-18/h4-11,14H,12H2,1-3H3,(H,21,25)/t14-/m1/s1. The van der Waals surface area contributed by atoms with E-state index >= 15 is 0 Å². The van der Waals surface area contributed by atoms with Crippen molar-refractivity contribution in [3.05, 3.63) is 63.8 Å². The molecule has 0 spiro atoms. The van der Waals surface area contributed by atoms with E-state index in [1.54, 1.807) is 31.4 Å². The van der Waals surface area contributed by atoms with E-state index < -0.39 is 5.92 Å². The fourth-order valence-electron chi connectivity index (χ4n) is 2.65. The van der Waals surface area contributed by atoms with Crippen molar-refractivity contribution in [1.82, 2.24) is 9.78 Å². The second-order valence-corrected chi connectivity index (χ2v) is 7.26. The van der Waals surface area contributed by atoms with Gasteiger partial charge in [0.1, 0.15) is 11.4 Å². The zero-order valence-corrected chi connectivity index (χ0v) is 16.2. The van der Waals surface area contributed by atoms with Gasteiger partial charge in [0.05, 0.1) is 30.1 Å². The predicted molar refractivity (Wildman–Crippen MR) is 107 cm³/mol. The molecule has 3 aromatic rings. The number of amides is 1. The Hall–Kier alpha value is -2.93. The molecule has 0 aliphatic carbocycles. The Morgan fingerprint density at radius 2 is 2.11 bits per heavy atom. The van der Waals surface area contributed by atoms with Crippen LogP contribution in [0.1, 0.15) is 12.5 Å². The molecule has 2 heterocycles. The van der Waals surface area contributed by atoms with Crippen molar-refractivity contribution in [2.24, 2.45) is 5.92 Å². The fourth-order valence-corrected chi connectivity index (χ4v) is 3.34. The number of thiophene rings is 1. The van der Waals surface area contributed by atoms with Gasteiger partial charge < -0.3 is 10.1 Å². The van der Waals surface area contributed by atoms with Gasteiger partial charge in [0, 0.05) is 6.07 Å². The summed E-state index contributed by atoms with van der Waals surface area (Å²) in [5.41, 5.74) is 2.11. The average Bonchev–Trinajstić information content (AvgIpc) is 3.18. The molecule has 0 saturated carbocycles. The normalized spacial score (nSPS) is 11.8. The number of rotatable bonds is 6. The molecule has 7 heteroatoms. The molecule has 140 valence electrons. The van der Waals surface area contributed by atoms with Crippen LogP contribution in [0, 0.1) is 12.8 Å². The van der Waals surface area contributed by atoms with Crippen molar-refractivity contribution >= 4 is 22.9 Å². The number of carbonyl (C=O) groups excluding carboxylic acids is 1. The van der Waals surface area contributed by atoms with Crippen LogP contribution in [0.5, 0.6) is 5.75 Å². The maximum atomic E-state index is 12.6. The number of hydrogen-bond acceptors (Lipinski definition) is 5. The lowest BCUT2D eigenvalue weighted by Crippen LogP contribution is -2.31. The largest absolute Gasteiger partial charge is 0.495 e. The Bertz CT molecular complexity index is 996. The molecule has 0 bridgehead atoms. The molecule has 0 radical (unpaired) electrons. The van der Waals surface area contributed by atoms with Gasteiger partial charge >= 0.3 is 0 Å². The molecule has 2 aromatic heterocycles. The van der Waals surface area contributed by atoms with E-state index in [2.05, 4.69) is 10.4 Å². The summed E-state index contributed by atoms with van der Waals surface area (Å²) in [7, 11) is 1.56. The highest BCUT2D eigenvalue weighted by Gasteiger charge is 2.17. The minimum atomic E-state index is -0.445. The van der Waals surface area contributed by atoms with Gasteiger partial charge in [-0.25, -0.2) is 4.68 Å². The van der Waals surface area contributed by atoms with Crippen molar-refractivity contribution in [2.45, 2.75) is 20.4 Å². The number of ether oxygens (including phenoxy) is 1.